The number of rotatable bonds is 10. The zero-order chi connectivity index (χ0) is 25.8. The standard InChI is InChI=1S/C23H22F4N6O3/c1-3-35-18-6-5-13(7-19(18)36-4-2)11-32-12-14(10-28-32)29-23(34)16-9-20-30-15(21(24)25)8-17(22(26)27)33(20)31-16/h5-10,12,21-22H,3-4,11H2,1-2H3,(H,29,34). The summed E-state index contributed by atoms with van der Waals surface area (Å²) < 4.78 is 66.2. The van der Waals surface area contributed by atoms with Gasteiger partial charge in [0.1, 0.15) is 11.4 Å². The van der Waals surface area contributed by atoms with Crippen LogP contribution in [0.15, 0.2) is 42.7 Å². The monoisotopic (exact) mass is 506 g/mol. The van der Waals surface area contributed by atoms with Crippen molar-refractivity contribution in [3.8, 4) is 11.5 Å². The van der Waals surface area contributed by atoms with E-state index in [0.717, 1.165) is 11.6 Å². The van der Waals surface area contributed by atoms with Crippen molar-refractivity contribution in [2.45, 2.75) is 33.2 Å². The molecule has 1 aromatic carbocycles. The molecule has 0 fully saturated rings. The summed E-state index contributed by atoms with van der Waals surface area (Å²) in [5, 5.41) is 10.6. The maximum absolute atomic E-state index is 13.3. The number of fused-ring (bicyclic) bond motifs is 1. The molecule has 1 amide bonds. The van der Waals surface area contributed by atoms with E-state index in [1.54, 1.807) is 16.9 Å². The number of carbonyl (C=O) groups is 1. The molecule has 0 bridgehead atoms. The highest BCUT2D eigenvalue weighted by atomic mass is 19.3. The molecule has 13 heteroatoms. The fraction of sp³-hybridized carbons (Fsp3) is 0.304. The second kappa shape index (κ2) is 10.6. The molecule has 0 radical (unpaired) electrons. The van der Waals surface area contributed by atoms with Gasteiger partial charge in [0.05, 0.1) is 31.6 Å². The summed E-state index contributed by atoms with van der Waals surface area (Å²) in [5.74, 6) is 0.504. The molecule has 4 rings (SSSR count). The van der Waals surface area contributed by atoms with E-state index in [0.29, 0.717) is 47.5 Å². The van der Waals surface area contributed by atoms with E-state index in [2.05, 4.69) is 20.5 Å². The number of anilines is 1. The minimum absolute atomic E-state index is 0.267. The number of hydrogen-bond donors (Lipinski definition) is 1. The molecule has 9 nitrogen and oxygen atoms in total. The van der Waals surface area contributed by atoms with Crippen molar-refractivity contribution in [3.05, 3.63) is 65.4 Å². The molecule has 0 atom stereocenters. The Kier molecular flexibility index (Phi) is 7.36. The van der Waals surface area contributed by atoms with Gasteiger partial charge in [-0.05, 0) is 37.6 Å². The Morgan fingerprint density at radius 2 is 1.78 bits per heavy atom. The molecule has 0 saturated heterocycles. The van der Waals surface area contributed by atoms with Crippen LogP contribution in [-0.2, 0) is 6.54 Å². The quantitative estimate of drug-likeness (QED) is 0.308. The first kappa shape index (κ1) is 24.9. The van der Waals surface area contributed by atoms with Gasteiger partial charge < -0.3 is 14.8 Å². The SMILES string of the molecule is CCOc1ccc(Cn2cc(NC(=O)c3cc4nc(C(F)F)cc(C(F)F)n4n3)cn2)cc1OCC. The lowest BCUT2D eigenvalue weighted by Gasteiger charge is -2.12. The predicted octanol–water partition coefficient (Wildman–Crippen LogP) is 4.90. The number of hydrogen-bond acceptors (Lipinski definition) is 6. The van der Waals surface area contributed by atoms with Gasteiger partial charge in [0.2, 0.25) is 0 Å². The van der Waals surface area contributed by atoms with Gasteiger partial charge in [0.15, 0.2) is 22.8 Å². The highest BCUT2D eigenvalue weighted by Gasteiger charge is 2.22. The fourth-order valence-electron chi connectivity index (χ4n) is 3.49. The number of amides is 1. The first-order valence-electron chi connectivity index (χ1n) is 11.0. The van der Waals surface area contributed by atoms with Gasteiger partial charge >= 0.3 is 0 Å². The zero-order valence-corrected chi connectivity index (χ0v) is 19.3. The Morgan fingerprint density at radius 3 is 2.47 bits per heavy atom. The Balaban J connectivity index is 1.50. The van der Waals surface area contributed by atoms with E-state index < -0.39 is 30.1 Å². The summed E-state index contributed by atoms with van der Waals surface area (Å²) >= 11 is 0. The zero-order valence-electron chi connectivity index (χ0n) is 19.3. The summed E-state index contributed by atoms with van der Waals surface area (Å²) in [7, 11) is 0. The van der Waals surface area contributed by atoms with Crippen LogP contribution in [0, 0.1) is 0 Å². The summed E-state index contributed by atoms with van der Waals surface area (Å²) in [4.78, 5) is 16.3. The first-order valence-corrected chi connectivity index (χ1v) is 11.0. The smallest absolute Gasteiger partial charge is 0.280 e. The van der Waals surface area contributed by atoms with Crippen molar-refractivity contribution < 1.29 is 31.8 Å². The molecule has 0 aliphatic rings. The van der Waals surface area contributed by atoms with Crippen LogP contribution in [0.5, 0.6) is 11.5 Å². The van der Waals surface area contributed by atoms with Gasteiger partial charge in [-0.1, -0.05) is 6.07 Å². The Labute approximate surface area is 202 Å². The molecule has 0 spiro atoms. The van der Waals surface area contributed by atoms with E-state index in [9.17, 15) is 22.4 Å². The average molecular weight is 506 g/mol. The molecule has 3 heterocycles. The lowest BCUT2D eigenvalue weighted by atomic mass is 10.2. The number of benzene rings is 1. The summed E-state index contributed by atoms with van der Waals surface area (Å²) in [6, 6.07) is 7.14. The van der Waals surface area contributed by atoms with Crippen molar-refractivity contribution in [3.63, 3.8) is 0 Å². The maximum atomic E-state index is 13.3. The molecule has 3 aromatic heterocycles. The van der Waals surface area contributed by atoms with E-state index in [-0.39, 0.29) is 11.3 Å². The number of carbonyl (C=O) groups excluding carboxylic acids is 1. The number of nitrogens with zero attached hydrogens (tertiary/aromatic N) is 5. The molecule has 190 valence electrons. The van der Waals surface area contributed by atoms with Crippen LogP contribution >= 0.6 is 0 Å². The number of ether oxygens (including phenoxy) is 2. The van der Waals surface area contributed by atoms with Gasteiger partial charge in [-0.25, -0.2) is 27.1 Å². The van der Waals surface area contributed by atoms with E-state index in [4.69, 9.17) is 9.47 Å². The highest BCUT2D eigenvalue weighted by molar-refractivity contribution is 6.03. The summed E-state index contributed by atoms with van der Waals surface area (Å²) in [6.07, 6.45) is -3.16. The van der Waals surface area contributed by atoms with Crippen molar-refractivity contribution in [2.75, 3.05) is 18.5 Å². The third kappa shape index (κ3) is 5.39. The second-order valence-electron chi connectivity index (χ2n) is 7.53. The van der Waals surface area contributed by atoms with Crippen molar-refractivity contribution in [1.82, 2.24) is 24.4 Å². The van der Waals surface area contributed by atoms with E-state index >= 15 is 0 Å². The highest BCUT2D eigenvalue weighted by Crippen LogP contribution is 2.29. The lowest BCUT2D eigenvalue weighted by Crippen LogP contribution is -2.12. The summed E-state index contributed by atoms with van der Waals surface area (Å²) in [5.41, 5.74) is -0.968. The number of alkyl halides is 4. The molecule has 0 unspecified atom stereocenters. The van der Waals surface area contributed by atoms with Crippen LogP contribution in [0.3, 0.4) is 0 Å². The largest absolute Gasteiger partial charge is 0.490 e. The molecule has 0 aliphatic heterocycles. The normalized spacial score (nSPS) is 11.4. The number of halogens is 4. The lowest BCUT2D eigenvalue weighted by molar-refractivity contribution is 0.102. The average Bonchev–Trinajstić information content (AvgIpc) is 3.47. The van der Waals surface area contributed by atoms with Gasteiger partial charge in [-0.15, -0.1) is 0 Å². The van der Waals surface area contributed by atoms with E-state index in [1.165, 1.54) is 6.20 Å². The van der Waals surface area contributed by atoms with Crippen LogP contribution in [0.2, 0.25) is 0 Å². The van der Waals surface area contributed by atoms with E-state index in [1.807, 2.05) is 26.0 Å². The minimum Gasteiger partial charge on any atom is -0.490 e. The third-order valence-electron chi connectivity index (χ3n) is 5.00. The van der Waals surface area contributed by atoms with Crippen LogP contribution in [0.25, 0.3) is 5.65 Å². The first-order chi connectivity index (χ1) is 17.3. The summed E-state index contributed by atoms with van der Waals surface area (Å²) in [6.45, 7) is 5.10. The number of nitrogens with one attached hydrogen (secondary N) is 1. The van der Waals surface area contributed by atoms with Gasteiger partial charge in [0.25, 0.3) is 18.8 Å². The topological polar surface area (TPSA) is 95.6 Å². The van der Waals surface area contributed by atoms with Gasteiger partial charge in [-0.3, -0.25) is 9.48 Å². The van der Waals surface area contributed by atoms with Crippen LogP contribution in [0.4, 0.5) is 23.2 Å². The molecule has 4 aromatic rings. The Morgan fingerprint density at radius 1 is 1.03 bits per heavy atom. The molecular weight excluding hydrogens is 484 g/mol. The predicted molar refractivity (Wildman–Crippen MR) is 121 cm³/mol. The molecule has 36 heavy (non-hydrogen) atoms. The Bertz CT molecular complexity index is 1370. The second-order valence-corrected chi connectivity index (χ2v) is 7.53. The van der Waals surface area contributed by atoms with Gasteiger partial charge in [-0.2, -0.15) is 10.2 Å². The minimum atomic E-state index is -3.09. The third-order valence-corrected chi connectivity index (χ3v) is 5.00. The van der Waals surface area contributed by atoms with Crippen molar-refractivity contribution >= 4 is 17.2 Å². The van der Waals surface area contributed by atoms with Gasteiger partial charge in [0, 0.05) is 12.3 Å². The molecule has 0 aliphatic carbocycles. The van der Waals surface area contributed by atoms with Crippen molar-refractivity contribution in [1.29, 1.82) is 0 Å². The molecule has 0 saturated carbocycles. The fourth-order valence-corrected chi connectivity index (χ4v) is 3.49. The maximum Gasteiger partial charge on any atom is 0.280 e. The van der Waals surface area contributed by atoms with Crippen molar-refractivity contribution in [2.24, 2.45) is 0 Å². The number of aromatic nitrogens is 5. The van der Waals surface area contributed by atoms with Crippen LogP contribution < -0.4 is 14.8 Å². The molecular formula is C23H22F4N6O3. The van der Waals surface area contributed by atoms with Crippen LogP contribution in [0.1, 0.15) is 54.1 Å². The molecule has 1 N–H and O–H groups in total. The Hall–Kier alpha value is -4.16. The van der Waals surface area contributed by atoms with Crippen LogP contribution in [-0.4, -0.2) is 43.5 Å².